The van der Waals surface area contributed by atoms with Gasteiger partial charge in [0.25, 0.3) is 5.56 Å². The number of rotatable bonds is 2. The lowest BCUT2D eigenvalue weighted by Crippen LogP contribution is -2.17. The topological polar surface area (TPSA) is 57.8 Å². The second-order valence-electron chi connectivity index (χ2n) is 4.34. The van der Waals surface area contributed by atoms with E-state index in [1.54, 1.807) is 0 Å². The highest BCUT2D eigenvalue weighted by Gasteiger charge is 2.16. The third-order valence-corrected chi connectivity index (χ3v) is 3.56. The minimum atomic E-state index is -0.0166. The molecule has 2 aromatic rings. The Morgan fingerprint density at radius 3 is 2.78 bits per heavy atom. The molecule has 1 aromatic carbocycles. The number of benzene rings is 1. The maximum Gasteiger partial charge on any atom is 0.255 e. The van der Waals surface area contributed by atoms with Crippen LogP contribution in [-0.2, 0) is 19.5 Å². The average molecular weight is 306 g/mol. The van der Waals surface area contributed by atoms with Crippen molar-refractivity contribution in [2.24, 2.45) is 0 Å². The summed E-state index contributed by atoms with van der Waals surface area (Å²) in [6.07, 6.45) is 0.649. The molecule has 1 aliphatic heterocycles. The van der Waals surface area contributed by atoms with Gasteiger partial charge in [0.05, 0.1) is 11.3 Å². The first-order valence-electron chi connectivity index (χ1n) is 5.78. The molecule has 0 amide bonds. The summed E-state index contributed by atoms with van der Waals surface area (Å²) in [7, 11) is 0. The van der Waals surface area contributed by atoms with Gasteiger partial charge in [0.1, 0.15) is 5.82 Å². The summed E-state index contributed by atoms with van der Waals surface area (Å²) >= 11 is 3.40. The van der Waals surface area contributed by atoms with E-state index in [2.05, 4.69) is 31.2 Å². The molecule has 18 heavy (non-hydrogen) atoms. The van der Waals surface area contributed by atoms with Crippen molar-refractivity contribution in [3.05, 3.63) is 61.7 Å². The van der Waals surface area contributed by atoms with Gasteiger partial charge in [-0.25, -0.2) is 4.98 Å². The number of aromatic nitrogens is 2. The zero-order valence-corrected chi connectivity index (χ0v) is 11.3. The van der Waals surface area contributed by atoms with Crippen LogP contribution in [0.3, 0.4) is 0 Å². The molecule has 2 N–H and O–H groups in total. The van der Waals surface area contributed by atoms with Gasteiger partial charge < -0.3 is 10.3 Å². The predicted octanol–water partition coefficient (Wildman–Crippen LogP) is 1.73. The molecule has 0 spiro atoms. The monoisotopic (exact) mass is 305 g/mol. The Hall–Kier alpha value is -1.46. The number of H-pyrrole nitrogens is 1. The van der Waals surface area contributed by atoms with Crippen LogP contribution in [0.1, 0.15) is 22.6 Å². The highest BCUT2D eigenvalue weighted by Crippen LogP contribution is 2.13. The molecule has 0 atom stereocenters. The lowest BCUT2D eigenvalue weighted by molar-refractivity contribution is 0.755. The number of aromatic amines is 1. The van der Waals surface area contributed by atoms with E-state index in [-0.39, 0.29) is 5.56 Å². The van der Waals surface area contributed by atoms with Crippen molar-refractivity contribution < 1.29 is 0 Å². The second kappa shape index (κ2) is 4.66. The molecular weight excluding hydrogens is 294 g/mol. The standard InChI is InChI=1S/C13H12BrN3O/c14-9-3-1-8(2-4-9)5-12-16-11-7-15-6-10(11)13(18)17-12/h1-4,15H,5-7H2,(H,16,17,18). The van der Waals surface area contributed by atoms with Gasteiger partial charge in [-0.15, -0.1) is 0 Å². The van der Waals surface area contributed by atoms with Crippen LogP contribution in [-0.4, -0.2) is 9.97 Å². The molecule has 1 aliphatic rings. The Bertz CT molecular complexity index is 634. The maximum absolute atomic E-state index is 11.8. The number of fused-ring (bicyclic) bond motifs is 1. The normalized spacial score (nSPS) is 13.6. The van der Waals surface area contributed by atoms with Crippen LogP contribution in [0.15, 0.2) is 33.5 Å². The highest BCUT2D eigenvalue weighted by molar-refractivity contribution is 9.10. The summed E-state index contributed by atoms with van der Waals surface area (Å²) in [5.74, 6) is 0.727. The first-order valence-corrected chi connectivity index (χ1v) is 6.58. The SMILES string of the molecule is O=c1[nH]c(Cc2ccc(Br)cc2)nc2c1CNC2. The third-order valence-electron chi connectivity index (χ3n) is 3.03. The van der Waals surface area contributed by atoms with Crippen LogP contribution in [0.25, 0.3) is 0 Å². The van der Waals surface area contributed by atoms with Crippen molar-refractivity contribution in [1.82, 2.24) is 15.3 Å². The molecule has 0 radical (unpaired) electrons. The van der Waals surface area contributed by atoms with Gasteiger partial charge in [0.15, 0.2) is 0 Å². The van der Waals surface area contributed by atoms with Crippen LogP contribution in [0.5, 0.6) is 0 Å². The molecule has 0 saturated heterocycles. The zero-order chi connectivity index (χ0) is 12.5. The molecular formula is C13H12BrN3O. The quantitative estimate of drug-likeness (QED) is 0.888. The van der Waals surface area contributed by atoms with Crippen molar-refractivity contribution in [3.8, 4) is 0 Å². The first kappa shape index (κ1) is 11.6. The average Bonchev–Trinajstić information content (AvgIpc) is 2.81. The largest absolute Gasteiger partial charge is 0.310 e. The van der Waals surface area contributed by atoms with Crippen LogP contribution in [0, 0.1) is 0 Å². The molecule has 1 aromatic heterocycles. The van der Waals surface area contributed by atoms with Gasteiger partial charge in [0, 0.05) is 24.0 Å². The van der Waals surface area contributed by atoms with Gasteiger partial charge in [-0.1, -0.05) is 28.1 Å². The number of halogens is 1. The zero-order valence-electron chi connectivity index (χ0n) is 9.66. The summed E-state index contributed by atoms with van der Waals surface area (Å²) < 4.78 is 1.05. The van der Waals surface area contributed by atoms with E-state index in [1.807, 2.05) is 24.3 Å². The van der Waals surface area contributed by atoms with Crippen LogP contribution >= 0.6 is 15.9 Å². The molecule has 0 bridgehead atoms. The first-order chi connectivity index (χ1) is 8.72. The molecule has 0 unspecified atom stereocenters. The molecule has 2 heterocycles. The Morgan fingerprint density at radius 2 is 2.00 bits per heavy atom. The third kappa shape index (κ3) is 2.23. The minimum absolute atomic E-state index is 0.0166. The van der Waals surface area contributed by atoms with Crippen molar-refractivity contribution in [2.45, 2.75) is 19.5 Å². The smallest absolute Gasteiger partial charge is 0.255 e. The maximum atomic E-state index is 11.8. The lowest BCUT2D eigenvalue weighted by atomic mass is 10.1. The molecule has 0 aliphatic carbocycles. The van der Waals surface area contributed by atoms with Crippen molar-refractivity contribution in [1.29, 1.82) is 0 Å². The Balaban J connectivity index is 1.92. The molecule has 92 valence electrons. The Labute approximate surface area is 113 Å². The number of nitrogens with zero attached hydrogens (tertiary/aromatic N) is 1. The number of hydrogen-bond donors (Lipinski definition) is 2. The van der Waals surface area contributed by atoms with Crippen LogP contribution in [0.4, 0.5) is 0 Å². The fourth-order valence-electron chi connectivity index (χ4n) is 2.11. The lowest BCUT2D eigenvalue weighted by Gasteiger charge is -2.04. The van der Waals surface area contributed by atoms with Crippen molar-refractivity contribution in [3.63, 3.8) is 0 Å². The summed E-state index contributed by atoms with van der Waals surface area (Å²) in [5.41, 5.74) is 2.77. The van der Waals surface area contributed by atoms with Crippen molar-refractivity contribution in [2.75, 3.05) is 0 Å². The van der Waals surface area contributed by atoms with Gasteiger partial charge in [0.2, 0.25) is 0 Å². The molecule has 0 fully saturated rings. The Kier molecular flexibility index (Phi) is 3.01. The van der Waals surface area contributed by atoms with Gasteiger partial charge in [-0.05, 0) is 17.7 Å². The van der Waals surface area contributed by atoms with Gasteiger partial charge in [-0.3, -0.25) is 4.79 Å². The summed E-state index contributed by atoms with van der Waals surface area (Å²) in [5, 5.41) is 3.14. The Morgan fingerprint density at radius 1 is 1.22 bits per heavy atom. The van der Waals surface area contributed by atoms with Crippen LogP contribution < -0.4 is 10.9 Å². The van der Waals surface area contributed by atoms with E-state index in [9.17, 15) is 4.79 Å². The second-order valence-corrected chi connectivity index (χ2v) is 5.26. The van der Waals surface area contributed by atoms with E-state index < -0.39 is 0 Å². The predicted molar refractivity (Wildman–Crippen MR) is 72.3 cm³/mol. The number of nitrogens with one attached hydrogen (secondary N) is 2. The van der Waals surface area contributed by atoms with E-state index in [1.165, 1.54) is 0 Å². The van der Waals surface area contributed by atoms with E-state index >= 15 is 0 Å². The van der Waals surface area contributed by atoms with E-state index in [4.69, 9.17) is 0 Å². The van der Waals surface area contributed by atoms with E-state index in [0.29, 0.717) is 19.5 Å². The number of hydrogen-bond acceptors (Lipinski definition) is 3. The molecule has 0 saturated carbocycles. The fraction of sp³-hybridized carbons (Fsp3) is 0.231. The summed E-state index contributed by atoms with van der Waals surface area (Å²) in [6.45, 7) is 1.31. The molecule has 4 nitrogen and oxygen atoms in total. The fourth-order valence-corrected chi connectivity index (χ4v) is 2.37. The van der Waals surface area contributed by atoms with E-state index in [0.717, 1.165) is 27.1 Å². The molecule has 5 heteroatoms. The van der Waals surface area contributed by atoms with Gasteiger partial charge >= 0.3 is 0 Å². The van der Waals surface area contributed by atoms with Crippen molar-refractivity contribution >= 4 is 15.9 Å². The highest BCUT2D eigenvalue weighted by atomic mass is 79.9. The van der Waals surface area contributed by atoms with Crippen LogP contribution in [0.2, 0.25) is 0 Å². The molecule has 3 rings (SSSR count). The minimum Gasteiger partial charge on any atom is -0.310 e. The van der Waals surface area contributed by atoms with Gasteiger partial charge in [-0.2, -0.15) is 0 Å². The summed E-state index contributed by atoms with van der Waals surface area (Å²) in [4.78, 5) is 19.2. The summed E-state index contributed by atoms with van der Waals surface area (Å²) in [6, 6.07) is 8.02.